The summed E-state index contributed by atoms with van der Waals surface area (Å²) in [6, 6.07) is 14.6. The van der Waals surface area contributed by atoms with Gasteiger partial charge in [0.15, 0.2) is 5.78 Å². The zero-order valence-electron chi connectivity index (χ0n) is 25.1. The number of benzene rings is 3. The standard InChI is InChI=1S/C34H32ClFN4O4/c1-18-10-21(17-44-30-9-7-22(36)12-26(30)35)20(3)24(11-18)31-25(16-37)33(38)39(27-13-23(40(42)43)8-6-19(27)2)28-14-34(4,5)15-29(41)32(28)31/h6-13,31H,14-15,17,38H2,1-5H3. The van der Waals surface area contributed by atoms with Gasteiger partial charge in [0.2, 0.25) is 0 Å². The first kappa shape index (κ1) is 30.8. The number of nitriles is 1. The van der Waals surface area contributed by atoms with Crippen molar-refractivity contribution in [2.75, 3.05) is 4.90 Å². The van der Waals surface area contributed by atoms with Crippen molar-refractivity contribution >= 4 is 28.8 Å². The summed E-state index contributed by atoms with van der Waals surface area (Å²) in [7, 11) is 0. The van der Waals surface area contributed by atoms with Crippen LogP contribution in [0.5, 0.6) is 5.75 Å². The molecule has 44 heavy (non-hydrogen) atoms. The van der Waals surface area contributed by atoms with Gasteiger partial charge in [0.25, 0.3) is 5.69 Å². The Kier molecular flexibility index (Phi) is 8.00. The molecule has 1 heterocycles. The summed E-state index contributed by atoms with van der Waals surface area (Å²) in [6.45, 7) is 9.74. The fourth-order valence-electron chi connectivity index (χ4n) is 6.21. The molecule has 0 fully saturated rings. The minimum atomic E-state index is -0.748. The first-order valence-electron chi connectivity index (χ1n) is 14.1. The van der Waals surface area contributed by atoms with E-state index in [2.05, 4.69) is 6.07 Å². The summed E-state index contributed by atoms with van der Waals surface area (Å²) >= 11 is 6.18. The van der Waals surface area contributed by atoms with Gasteiger partial charge in [-0.05, 0) is 73.1 Å². The first-order chi connectivity index (χ1) is 20.7. The van der Waals surface area contributed by atoms with Crippen LogP contribution in [0.4, 0.5) is 15.8 Å². The molecule has 0 saturated carbocycles. The van der Waals surface area contributed by atoms with Gasteiger partial charge >= 0.3 is 0 Å². The highest BCUT2D eigenvalue weighted by Gasteiger charge is 2.45. The lowest BCUT2D eigenvalue weighted by Gasteiger charge is -2.44. The summed E-state index contributed by atoms with van der Waals surface area (Å²) in [5, 5.41) is 22.4. The normalized spacial score (nSPS) is 17.8. The number of hydrogen-bond acceptors (Lipinski definition) is 7. The van der Waals surface area contributed by atoms with Crippen molar-refractivity contribution in [2.24, 2.45) is 11.1 Å². The van der Waals surface area contributed by atoms with Crippen LogP contribution in [0.3, 0.4) is 0 Å². The number of halogens is 2. The minimum absolute atomic E-state index is 0.105. The molecule has 3 aromatic carbocycles. The lowest BCUT2D eigenvalue weighted by molar-refractivity contribution is -0.384. The number of aryl methyl sites for hydroxylation is 2. The summed E-state index contributed by atoms with van der Waals surface area (Å²) in [5.74, 6) is -0.871. The van der Waals surface area contributed by atoms with E-state index < -0.39 is 22.1 Å². The van der Waals surface area contributed by atoms with Gasteiger partial charge in [-0.15, -0.1) is 0 Å². The van der Waals surface area contributed by atoms with Crippen LogP contribution < -0.4 is 15.4 Å². The predicted molar refractivity (Wildman–Crippen MR) is 167 cm³/mol. The van der Waals surface area contributed by atoms with Gasteiger partial charge in [-0.1, -0.05) is 49.2 Å². The van der Waals surface area contributed by atoms with Crippen LogP contribution in [0.15, 0.2) is 71.2 Å². The third kappa shape index (κ3) is 5.53. The highest BCUT2D eigenvalue weighted by atomic mass is 35.5. The van der Waals surface area contributed by atoms with E-state index in [1.54, 1.807) is 11.0 Å². The molecule has 0 saturated heterocycles. The Labute approximate surface area is 260 Å². The molecule has 5 rings (SSSR count). The largest absolute Gasteiger partial charge is 0.487 e. The van der Waals surface area contributed by atoms with Crippen molar-refractivity contribution in [2.45, 2.75) is 60.0 Å². The maximum absolute atomic E-state index is 14.1. The third-order valence-corrected chi connectivity index (χ3v) is 8.61. The van der Waals surface area contributed by atoms with Gasteiger partial charge in [-0.2, -0.15) is 5.26 Å². The molecule has 0 bridgehead atoms. The minimum Gasteiger partial charge on any atom is -0.487 e. The molecule has 1 unspecified atom stereocenters. The first-order valence-corrected chi connectivity index (χ1v) is 14.5. The molecule has 1 aliphatic carbocycles. The number of nitrogens with two attached hydrogens (primary N) is 1. The molecular formula is C34H32ClFN4O4. The quantitative estimate of drug-likeness (QED) is 0.222. The number of nitro groups is 1. The maximum Gasteiger partial charge on any atom is 0.271 e. The Morgan fingerprint density at radius 3 is 2.55 bits per heavy atom. The fourth-order valence-corrected chi connectivity index (χ4v) is 6.43. The van der Waals surface area contributed by atoms with E-state index in [-0.39, 0.29) is 40.9 Å². The molecule has 0 amide bonds. The Morgan fingerprint density at radius 2 is 1.89 bits per heavy atom. The number of non-ortho nitro benzene ring substituents is 1. The van der Waals surface area contributed by atoms with E-state index in [1.165, 1.54) is 30.3 Å². The lowest BCUT2D eigenvalue weighted by atomic mass is 9.67. The molecule has 226 valence electrons. The zero-order valence-corrected chi connectivity index (χ0v) is 25.9. The summed E-state index contributed by atoms with van der Waals surface area (Å²) < 4.78 is 19.5. The van der Waals surface area contributed by atoms with Crippen LogP contribution in [-0.2, 0) is 11.4 Å². The van der Waals surface area contributed by atoms with Crippen LogP contribution in [0.1, 0.15) is 60.4 Å². The van der Waals surface area contributed by atoms with Crippen LogP contribution in [0.2, 0.25) is 5.02 Å². The van der Waals surface area contributed by atoms with Gasteiger partial charge in [-0.3, -0.25) is 19.8 Å². The number of carbonyl (C=O) groups excluding carboxylic acids is 1. The van der Waals surface area contributed by atoms with Gasteiger partial charge in [-0.25, -0.2) is 4.39 Å². The molecule has 2 N–H and O–H groups in total. The van der Waals surface area contributed by atoms with Crippen molar-refractivity contribution in [3.05, 3.63) is 120 Å². The van der Waals surface area contributed by atoms with Gasteiger partial charge < -0.3 is 10.5 Å². The summed E-state index contributed by atoms with van der Waals surface area (Å²) in [6.07, 6.45) is 0.739. The number of anilines is 1. The molecule has 1 aliphatic heterocycles. The van der Waals surface area contributed by atoms with E-state index in [0.717, 1.165) is 22.3 Å². The number of rotatable bonds is 6. The number of ketones is 1. The molecule has 1 atom stereocenters. The van der Waals surface area contributed by atoms with Crippen LogP contribution in [0.25, 0.3) is 0 Å². The van der Waals surface area contributed by atoms with Crippen LogP contribution in [0, 0.1) is 53.4 Å². The van der Waals surface area contributed by atoms with Crippen molar-refractivity contribution in [1.29, 1.82) is 5.26 Å². The SMILES string of the molecule is Cc1cc(COc2ccc(F)cc2Cl)c(C)c(C2C(C#N)=C(N)N(c3cc([N+](=O)[O-])ccc3C)C3=C2C(=O)CC(C)(C)C3)c1. The van der Waals surface area contributed by atoms with Crippen LogP contribution in [-0.4, -0.2) is 10.7 Å². The Balaban J connectivity index is 1.70. The number of nitro benzene ring substituents is 1. The van der Waals surface area contributed by atoms with Crippen molar-refractivity contribution < 1.29 is 18.8 Å². The highest BCUT2D eigenvalue weighted by molar-refractivity contribution is 6.32. The molecule has 10 heteroatoms. The number of carbonyl (C=O) groups is 1. The lowest BCUT2D eigenvalue weighted by Crippen LogP contribution is -2.42. The molecule has 2 aliphatic rings. The van der Waals surface area contributed by atoms with Crippen molar-refractivity contribution in [1.82, 2.24) is 0 Å². The predicted octanol–water partition coefficient (Wildman–Crippen LogP) is 7.83. The van der Waals surface area contributed by atoms with E-state index >= 15 is 0 Å². The Morgan fingerprint density at radius 1 is 1.16 bits per heavy atom. The zero-order chi connectivity index (χ0) is 32.1. The fraction of sp³-hybridized carbons (Fsp3) is 0.294. The Bertz CT molecular complexity index is 1840. The molecule has 0 radical (unpaired) electrons. The Hall–Kier alpha value is -4.68. The van der Waals surface area contributed by atoms with Gasteiger partial charge in [0, 0.05) is 29.8 Å². The second-order valence-corrected chi connectivity index (χ2v) is 12.6. The third-order valence-electron chi connectivity index (χ3n) is 8.31. The molecule has 0 spiro atoms. The summed E-state index contributed by atoms with van der Waals surface area (Å²) in [4.78, 5) is 26.9. The van der Waals surface area contributed by atoms with Crippen molar-refractivity contribution in [3.63, 3.8) is 0 Å². The smallest absolute Gasteiger partial charge is 0.271 e. The number of allylic oxidation sites excluding steroid dienone is 3. The van der Waals surface area contributed by atoms with E-state index in [9.17, 15) is 24.6 Å². The van der Waals surface area contributed by atoms with Crippen LogP contribution >= 0.6 is 11.6 Å². The van der Waals surface area contributed by atoms with Gasteiger partial charge in [0.1, 0.15) is 24.0 Å². The van der Waals surface area contributed by atoms with Crippen molar-refractivity contribution in [3.8, 4) is 11.8 Å². The second kappa shape index (κ2) is 11.4. The van der Waals surface area contributed by atoms with E-state index in [4.69, 9.17) is 22.1 Å². The number of nitrogens with zero attached hydrogens (tertiary/aromatic N) is 3. The monoisotopic (exact) mass is 614 g/mol. The molecular weight excluding hydrogens is 583 g/mol. The molecule has 8 nitrogen and oxygen atoms in total. The highest BCUT2D eigenvalue weighted by Crippen LogP contribution is 2.51. The number of ether oxygens (including phenoxy) is 1. The topological polar surface area (TPSA) is 122 Å². The average Bonchev–Trinajstić information content (AvgIpc) is 2.93. The van der Waals surface area contributed by atoms with E-state index in [1.807, 2.05) is 46.8 Å². The summed E-state index contributed by atoms with van der Waals surface area (Å²) in [5.41, 5.74) is 12.0. The molecule has 3 aromatic rings. The molecule has 0 aromatic heterocycles. The van der Waals surface area contributed by atoms with Gasteiger partial charge in [0.05, 0.1) is 33.2 Å². The van der Waals surface area contributed by atoms with E-state index in [0.29, 0.717) is 34.7 Å². The average molecular weight is 615 g/mol. The number of Topliss-reactive ketones (excluding diaryl/α,β-unsaturated/α-hetero) is 1. The maximum atomic E-state index is 14.1. The number of hydrogen-bond donors (Lipinski definition) is 1. The second-order valence-electron chi connectivity index (χ2n) is 12.2.